The molecule has 1 aliphatic heterocycles. The fraction of sp³-hybridized carbons (Fsp3) is 0.381. The van der Waals surface area contributed by atoms with Crippen LogP contribution in [0.25, 0.3) is 0 Å². The van der Waals surface area contributed by atoms with Crippen LogP contribution in [0.2, 0.25) is 0 Å². The van der Waals surface area contributed by atoms with Gasteiger partial charge in [0.05, 0.1) is 11.4 Å². The lowest BCUT2D eigenvalue weighted by Crippen LogP contribution is -2.49. The van der Waals surface area contributed by atoms with E-state index < -0.39 is 10.0 Å². The van der Waals surface area contributed by atoms with Gasteiger partial charge in [-0.2, -0.15) is 4.31 Å². The fourth-order valence-electron chi connectivity index (χ4n) is 3.32. The summed E-state index contributed by atoms with van der Waals surface area (Å²) >= 11 is 0. The first-order valence-corrected chi connectivity index (χ1v) is 10.6. The summed E-state index contributed by atoms with van der Waals surface area (Å²) in [7, 11) is -3.49. The number of rotatable bonds is 5. The molecule has 0 spiro atoms. The van der Waals surface area contributed by atoms with Crippen molar-refractivity contribution in [3.8, 4) is 0 Å². The molecule has 144 valence electrons. The van der Waals surface area contributed by atoms with Crippen LogP contribution in [0.3, 0.4) is 0 Å². The highest BCUT2D eigenvalue weighted by molar-refractivity contribution is 7.89. The molecule has 1 aliphatic rings. The van der Waals surface area contributed by atoms with E-state index in [1.165, 1.54) is 9.87 Å². The molecule has 1 saturated heterocycles. The Bertz CT molecular complexity index is 946. The summed E-state index contributed by atoms with van der Waals surface area (Å²) in [6.07, 6.45) is 0. The van der Waals surface area contributed by atoms with Gasteiger partial charge < -0.3 is 0 Å². The third-order valence-electron chi connectivity index (χ3n) is 5.24. The van der Waals surface area contributed by atoms with Gasteiger partial charge in [0.15, 0.2) is 5.78 Å². The lowest BCUT2D eigenvalue weighted by atomic mass is 10.0. The number of hydrogen-bond acceptors (Lipinski definition) is 4. The molecular formula is C21H26N2O3S. The van der Waals surface area contributed by atoms with Crippen molar-refractivity contribution in [1.82, 2.24) is 9.21 Å². The van der Waals surface area contributed by atoms with Gasteiger partial charge in [-0.05, 0) is 49.6 Å². The molecule has 27 heavy (non-hydrogen) atoms. The van der Waals surface area contributed by atoms with Crippen LogP contribution >= 0.6 is 0 Å². The fourth-order valence-corrected chi connectivity index (χ4v) is 4.97. The zero-order valence-corrected chi connectivity index (χ0v) is 16.9. The highest BCUT2D eigenvalue weighted by atomic mass is 32.2. The van der Waals surface area contributed by atoms with Crippen LogP contribution in [-0.2, 0) is 10.0 Å². The SMILES string of the molecule is Cc1ccc(C(=O)CN2CCN(S(=O)(=O)c3ccccc3C)CC2)cc1C. The predicted octanol–water partition coefficient (Wildman–Crippen LogP) is 2.80. The monoisotopic (exact) mass is 386 g/mol. The number of piperazine rings is 1. The van der Waals surface area contributed by atoms with Crippen molar-refractivity contribution in [2.75, 3.05) is 32.7 Å². The molecular weight excluding hydrogens is 360 g/mol. The molecule has 3 rings (SSSR count). The average Bonchev–Trinajstić information content (AvgIpc) is 2.64. The van der Waals surface area contributed by atoms with E-state index in [4.69, 9.17) is 0 Å². The van der Waals surface area contributed by atoms with E-state index in [2.05, 4.69) is 0 Å². The van der Waals surface area contributed by atoms with E-state index in [1.54, 1.807) is 12.1 Å². The Morgan fingerprint density at radius 3 is 2.19 bits per heavy atom. The molecule has 0 saturated carbocycles. The molecule has 0 aromatic heterocycles. The Labute approximate surface area is 161 Å². The second-order valence-corrected chi connectivity index (χ2v) is 9.07. The number of nitrogens with zero attached hydrogens (tertiary/aromatic N) is 2. The number of carbonyl (C=O) groups is 1. The van der Waals surface area contributed by atoms with Crippen LogP contribution in [0.1, 0.15) is 27.0 Å². The van der Waals surface area contributed by atoms with Gasteiger partial charge in [-0.3, -0.25) is 9.69 Å². The van der Waals surface area contributed by atoms with Gasteiger partial charge in [-0.1, -0.05) is 30.3 Å². The third kappa shape index (κ3) is 4.29. The van der Waals surface area contributed by atoms with E-state index in [9.17, 15) is 13.2 Å². The topological polar surface area (TPSA) is 57.7 Å². The van der Waals surface area contributed by atoms with Gasteiger partial charge in [-0.15, -0.1) is 0 Å². The van der Waals surface area contributed by atoms with Crippen LogP contribution in [0, 0.1) is 20.8 Å². The molecule has 0 aliphatic carbocycles. The van der Waals surface area contributed by atoms with Crippen molar-refractivity contribution in [2.45, 2.75) is 25.7 Å². The van der Waals surface area contributed by atoms with Crippen molar-refractivity contribution in [1.29, 1.82) is 0 Å². The summed E-state index contributed by atoms with van der Waals surface area (Å²) in [5.74, 6) is 0.0771. The van der Waals surface area contributed by atoms with Gasteiger partial charge >= 0.3 is 0 Å². The van der Waals surface area contributed by atoms with Crippen molar-refractivity contribution in [3.63, 3.8) is 0 Å². The minimum absolute atomic E-state index is 0.0771. The number of carbonyl (C=O) groups excluding carboxylic acids is 1. The molecule has 2 aromatic rings. The Kier molecular flexibility index (Phi) is 5.79. The molecule has 1 heterocycles. The Morgan fingerprint density at radius 1 is 0.889 bits per heavy atom. The minimum Gasteiger partial charge on any atom is -0.293 e. The predicted molar refractivity (Wildman–Crippen MR) is 107 cm³/mol. The highest BCUT2D eigenvalue weighted by Gasteiger charge is 2.30. The number of Topliss-reactive ketones (excluding diaryl/α,β-unsaturated/α-hetero) is 1. The average molecular weight is 387 g/mol. The van der Waals surface area contributed by atoms with Crippen molar-refractivity contribution >= 4 is 15.8 Å². The van der Waals surface area contributed by atoms with E-state index in [0.29, 0.717) is 43.2 Å². The zero-order valence-electron chi connectivity index (χ0n) is 16.1. The number of benzene rings is 2. The van der Waals surface area contributed by atoms with Gasteiger partial charge in [0.1, 0.15) is 0 Å². The maximum Gasteiger partial charge on any atom is 0.243 e. The van der Waals surface area contributed by atoms with Crippen LogP contribution < -0.4 is 0 Å². The Hall–Kier alpha value is -2.02. The van der Waals surface area contributed by atoms with E-state index >= 15 is 0 Å². The minimum atomic E-state index is -3.49. The first kappa shape index (κ1) is 19.7. The molecule has 5 nitrogen and oxygen atoms in total. The summed E-state index contributed by atoms with van der Waals surface area (Å²) < 4.78 is 27.3. The van der Waals surface area contributed by atoms with Gasteiger partial charge in [-0.25, -0.2) is 8.42 Å². The molecule has 1 fully saturated rings. The Balaban J connectivity index is 1.62. The van der Waals surface area contributed by atoms with E-state index in [-0.39, 0.29) is 5.78 Å². The largest absolute Gasteiger partial charge is 0.293 e. The summed E-state index contributed by atoms with van der Waals surface area (Å²) in [5, 5.41) is 0. The first-order chi connectivity index (χ1) is 12.8. The molecule has 6 heteroatoms. The maximum atomic E-state index is 12.9. The molecule has 0 N–H and O–H groups in total. The molecule has 2 aromatic carbocycles. The van der Waals surface area contributed by atoms with Crippen molar-refractivity contribution in [2.24, 2.45) is 0 Å². The summed E-state index contributed by atoms with van der Waals surface area (Å²) in [5.41, 5.74) is 3.74. The summed E-state index contributed by atoms with van der Waals surface area (Å²) in [6.45, 7) is 8.07. The number of ketones is 1. The third-order valence-corrected chi connectivity index (χ3v) is 7.30. The first-order valence-electron chi connectivity index (χ1n) is 9.17. The van der Waals surface area contributed by atoms with Crippen molar-refractivity contribution < 1.29 is 13.2 Å². The van der Waals surface area contributed by atoms with Gasteiger partial charge in [0.2, 0.25) is 10.0 Å². The van der Waals surface area contributed by atoms with Crippen LogP contribution in [-0.4, -0.2) is 56.1 Å². The van der Waals surface area contributed by atoms with E-state index in [0.717, 1.165) is 11.1 Å². The Morgan fingerprint density at radius 2 is 1.56 bits per heavy atom. The second kappa shape index (κ2) is 7.92. The molecule has 0 unspecified atom stereocenters. The lowest BCUT2D eigenvalue weighted by Gasteiger charge is -2.33. The molecule has 0 atom stereocenters. The number of aryl methyl sites for hydroxylation is 3. The maximum absolute atomic E-state index is 12.9. The normalized spacial score (nSPS) is 16.4. The number of sulfonamides is 1. The lowest BCUT2D eigenvalue weighted by molar-refractivity contribution is 0.0901. The van der Waals surface area contributed by atoms with Crippen molar-refractivity contribution in [3.05, 3.63) is 64.7 Å². The molecule has 0 radical (unpaired) electrons. The molecule has 0 amide bonds. The molecule has 0 bridgehead atoms. The smallest absolute Gasteiger partial charge is 0.243 e. The zero-order chi connectivity index (χ0) is 19.6. The number of hydrogen-bond donors (Lipinski definition) is 0. The summed E-state index contributed by atoms with van der Waals surface area (Å²) in [6, 6.07) is 12.8. The van der Waals surface area contributed by atoms with E-state index in [1.807, 2.05) is 56.0 Å². The van der Waals surface area contributed by atoms with Gasteiger partial charge in [0.25, 0.3) is 0 Å². The highest BCUT2D eigenvalue weighted by Crippen LogP contribution is 2.21. The van der Waals surface area contributed by atoms with Gasteiger partial charge in [0, 0.05) is 31.7 Å². The second-order valence-electron chi connectivity index (χ2n) is 7.17. The summed E-state index contributed by atoms with van der Waals surface area (Å²) in [4.78, 5) is 14.9. The quantitative estimate of drug-likeness (QED) is 0.742. The van der Waals surface area contributed by atoms with Crippen LogP contribution in [0.4, 0.5) is 0 Å². The van der Waals surface area contributed by atoms with Crippen LogP contribution in [0.5, 0.6) is 0 Å². The standard InChI is InChI=1S/C21H26N2O3S/c1-16-8-9-19(14-18(16)3)20(24)15-22-10-12-23(13-11-22)27(25,26)21-7-5-4-6-17(21)2/h4-9,14H,10-13,15H2,1-3H3. The van der Waals surface area contributed by atoms with Crippen LogP contribution in [0.15, 0.2) is 47.4 Å².